The molecule has 31 heavy (non-hydrogen) atoms. The van der Waals surface area contributed by atoms with E-state index in [1.165, 1.54) is 4.90 Å². The zero-order chi connectivity index (χ0) is 21.8. The van der Waals surface area contributed by atoms with Gasteiger partial charge in [0, 0.05) is 45.0 Å². The molecule has 8 nitrogen and oxygen atoms in total. The molecule has 2 aliphatic rings. The summed E-state index contributed by atoms with van der Waals surface area (Å²) in [5, 5.41) is 0. The number of aromatic nitrogens is 1. The van der Waals surface area contributed by atoms with Crippen LogP contribution in [0, 0.1) is 0 Å². The molecule has 0 radical (unpaired) electrons. The van der Waals surface area contributed by atoms with Crippen molar-refractivity contribution in [2.75, 3.05) is 58.5 Å². The molecule has 2 aromatic rings. The number of hydrogen-bond acceptors (Lipinski definition) is 7. The molecular weight excluding hydrogens is 396 g/mol. The fourth-order valence-corrected chi connectivity index (χ4v) is 4.04. The van der Waals surface area contributed by atoms with Gasteiger partial charge in [-0.3, -0.25) is 14.5 Å². The molecule has 3 heterocycles. The predicted octanol–water partition coefficient (Wildman–Crippen LogP) is 1.64. The molecule has 0 unspecified atom stereocenters. The van der Waals surface area contributed by atoms with Gasteiger partial charge in [-0.15, -0.1) is 0 Å². The standard InChI is InChI=1S/C23H26N4O4/c1-30-16-15-27-22(28)20(17-7-3-4-8-18(17)31-2)21(23(27)29)26-13-11-25(12-14-26)19-9-5-6-10-24-19/h3-10H,11-16H2,1-2H3. The molecule has 0 spiro atoms. The van der Waals surface area contributed by atoms with Crippen LogP contribution < -0.4 is 9.64 Å². The van der Waals surface area contributed by atoms with Crippen molar-refractivity contribution in [2.24, 2.45) is 0 Å². The Kier molecular flexibility index (Phi) is 6.18. The maximum atomic E-state index is 13.3. The first kappa shape index (κ1) is 20.9. The van der Waals surface area contributed by atoms with E-state index in [4.69, 9.17) is 9.47 Å². The number of benzene rings is 1. The van der Waals surface area contributed by atoms with E-state index in [1.54, 1.807) is 26.5 Å². The van der Waals surface area contributed by atoms with Crippen molar-refractivity contribution in [1.29, 1.82) is 0 Å². The van der Waals surface area contributed by atoms with Gasteiger partial charge in [0.1, 0.15) is 17.3 Å². The smallest absolute Gasteiger partial charge is 0.277 e. The lowest BCUT2D eigenvalue weighted by Gasteiger charge is -2.37. The third-order valence-electron chi connectivity index (χ3n) is 5.61. The predicted molar refractivity (Wildman–Crippen MR) is 117 cm³/mol. The Hall–Kier alpha value is -3.39. The first-order valence-electron chi connectivity index (χ1n) is 10.3. The second-order valence-electron chi connectivity index (χ2n) is 7.34. The molecule has 162 valence electrons. The number of ether oxygens (including phenoxy) is 2. The maximum absolute atomic E-state index is 13.3. The Morgan fingerprint density at radius 2 is 1.61 bits per heavy atom. The molecule has 1 aromatic carbocycles. The fraction of sp³-hybridized carbons (Fsp3) is 0.348. The molecule has 0 saturated carbocycles. The molecule has 2 amide bonds. The van der Waals surface area contributed by atoms with E-state index in [-0.39, 0.29) is 25.0 Å². The zero-order valence-electron chi connectivity index (χ0n) is 17.8. The number of carbonyl (C=O) groups excluding carboxylic acids is 2. The summed E-state index contributed by atoms with van der Waals surface area (Å²) in [4.78, 5) is 36.5. The highest BCUT2D eigenvalue weighted by atomic mass is 16.5. The summed E-state index contributed by atoms with van der Waals surface area (Å²) in [6, 6.07) is 13.1. The second kappa shape index (κ2) is 9.18. The van der Waals surface area contributed by atoms with Crippen molar-refractivity contribution in [1.82, 2.24) is 14.8 Å². The normalized spacial score (nSPS) is 17.0. The summed E-state index contributed by atoms with van der Waals surface area (Å²) >= 11 is 0. The van der Waals surface area contributed by atoms with Gasteiger partial charge in [-0.05, 0) is 18.2 Å². The molecule has 1 saturated heterocycles. The van der Waals surface area contributed by atoms with E-state index in [0.717, 1.165) is 5.82 Å². The number of rotatable bonds is 7. The minimum atomic E-state index is -0.311. The van der Waals surface area contributed by atoms with Crippen LogP contribution in [0.5, 0.6) is 5.75 Å². The Bertz CT molecular complexity index is 984. The zero-order valence-corrected chi connectivity index (χ0v) is 17.8. The van der Waals surface area contributed by atoms with Crippen LogP contribution in [0.25, 0.3) is 5.57 Å². The Morgan fingerprint density at radius 1 is 0.903 bits per heavy atom. The topological polar surface area (TPSA) is 75.2 Å². The summed E-state index contributed by atoms with van der Waals surface area (Å²) < 4.78 is 10.6. The van der Waals surface area contributed by atoms with Gasteiger partial charge >= 0.3 is 0 Å². The van der Waals surface area contributed by atoms with Crippen LogP contribution in [0.3, 0.4) is 0 Å². The second-order valence-corrected chi connectivity index (χ2v) is 7.34. The molecular formula is C23H26N4O4. The van der Waals surface area contributed by atoms with E-state index in [1.807, 2.05) is 41.3 Å². The summed E-state index contributed by atoms with van der Waals surface area (Å²) in [6.45, 7) is 3.14. The minimum Gasteiger partial charge on any atom is -0.496 e. The Morgan fingerprint density at radius 3 is 2.29 bits per heavy atom. The third kappa shape index (κ3) is 3.98. The van der Waals surface area contributed by atoms with Crippen molar-refractivity contribution in [3.8, 4) is 5.75 Å². The molecule has 0 bridgehead atoms. The number of methoxy groups -OCH3 is 2. The average molecular weight is 422 g/mol. The Balaban J connectivity index is 1.67. The van der Waals surface area contributed by atoms with Crippen molar-refractivity contribution in [3.63, 3.8) is 0 Å². The number of nitrogens with zero attached hydrogens (tertiary/aromatic N) is 4. The third-order valence-corrected chi connectivity index (χ3v) is 5.61. The van der Waals surface area contributed by atoms with Crippen LogP contribution in [0.4, 0.5) is 5.82 Å². The van der Waals surface area contributed by atoms with Crippen LogP contribution in [0.15, 0.2) is 54.4 Å². The highest BCUT2D eigenvalue weighted by Gasteiger charge is 2.42. The quantitative estimate of drug-likeness (QED) is 0.628. The van der Waals surface area contributed by atoms with Gasteiger partial charge in [0.2, 0.25) is 0 Å². The highest BCUT2D eigenvalue weighted by molar-refractivity contribution is 6.36. The van der Waals surface area contributed by atoms with Crippen LogP contribution in [-0.4, -0.2) is 80.1 Å². The maximum Gasteiger partial charge on any atom is 0.277 e. The minimum absolute atomic E-state index is 0.213. The van der Waals surface area contributed by atoms with E-state index in [2.05, 4.69) is 9.88 Å². The first-order valence-corrected chi connectivity index (χ1v) is 10.3. The largest absolute Gasteiger partial charge is 0.496 e. The Labute approximate surface area is 181 Å². The summed E-state index contributed by atoms with van der Waals surface area (Å²) in [6.07, 6.45) is 1.77. The van der Waals surface area contributed by atoms with Crippen LogP contribution in [0.1, 0.15) is 5.56 Å². The summed E-state index contributed by atoms with van der Waals surface area (Å²) in [5.74, 6) is 0.886. The number of amides is 2. The van der Waals surface area contributed by atoms with Crippen LogP contribution >= 0.6 is 0 Å². The lowest BCUT2D eigenvalue weighted by Crippen LogP contribution is -2.48. The number of imide groups is 1. The SMILES string of the molecule is COCCN1C(=O)C(c2ccccc2OC)=C(N2CCN(c3ccccn3)CC2)C1=O. The molecule has 0 aliphatic carbocycles. The summed E-state index contributed by atoms with van der Waals surface area (Å²) in [5.41, 5.74) is 1.46. The van der Waals surface area contributed by atoms with Gasteiger partial charge in [-0.1, -0.05) is 24.3 Å². The van der Waals surface area contributed by atoms with E-state index in [9.17, 15) is 9.59 Å². The van der Waals surface area contributed by atoms with E-state index < -0.39 is 0 Å². The van der Waals surface area contributed by atoms with Gasteiger partial charge in [-0.25, -0.2) is 4.98 Å². The number of piperazine rings is 1. The lowest BCUT2D eigenvalue weighted by molar-refractivity contribution is -0.138. The number of anilines is 1. The van der Waals surface area contributed by atoms with Crippen LogP contribution in [-0.2, 0) is 14.3 Å². The average Bonchev–Trinajstić information content (AvgIpc) is 3.07. The van der Waals surface area contributed by atoms with Crippen molar-refractivity contribution < 1.29 is 19.1 Å². The number of carbonyl (C=O) groups is 2. The van der Waals surface area contributed by atoms with Crippen LogP contribution in [0.2, 0.25) is 0 Å². The fourth-order valence-electron chi connectivity index (χ4n) is 4.04. The van der Waals surface area contributed by atoms with Crippen molar-refractivity contribution in [2.45, 2.75) is 0 Å². The molecule has 0 atom stereocenters. The molecule has 2 aliphatic heterocycles. The monoisotopic (exact) mass is 422 g/mol. The van der Waals surface area contributed by atoms with Gasteiger partial charge in [0.15, 0.2) is 0 Å². The molecule has 0 N–H and O–H groups in total. The van der Waals surface area contributed by atoms with E-state index >= 15 is 0 Å². The number of hydrogen-bond donors (Lipinski definition) is 0. The first-order chi connectivity index (χ1) is 15.2. The number of para-hydroxylation sites is 1. The summed E-state index contributed by atoms with van der Waals surface area (Å²) in [7, 11) is 3.12. The molecule has 1 aromatic heterocycles. The van der Waals surface area contributed by atoms with Gasteiger partial charge in [0.25, 0.3) is 11.8 Å². The van der Waals surface area contributed by atoms with Crippen molar-refractivity contribution >= 4 is 23.2 Å². The molecule has 8 heteroatoms. The lowest BCUT2D eigenvalue weighted by atomic mass is 10.0. The van der Waals surface area contributed by atoms with Gasteiger partial charge in [0.05, 0.1) is 25.8 Å². The van der Waals surface area contributed by atoms with Crippen molar-refractivity contribution in [3.05, 3.63) is 59.9 Å². The van der Waals surface area contributed by atoms with Gasteiger partial charge < -0.3 is 19.3 Å². The molecule has 1 fully saturated rings. The highest BCUT2D eigenvalue weighted by Crippen LogP contribution is 2.36. The number of pyridine rings is 1. The molecule has 4 rings (SSSR count). The van der Waals surface area contributed by atoms with E-state index in [0.29, 0.717) is 48.8 Å². The van der Waals surface area contributed by atoms with Gasteiger partial charge in [-0.2, -0.15) is 0 Å².